The molecule has 0 aliphatic heterocycles. The van der Waals surface area contributed by atoms with Crippen molar-refractivity contribution < 1.29 is 14.3 Å². The van der Waals surface area contributed by atoms with Crippen LogP contribution < -0.4 is 20.1 Å². The highest BCUT2D eigenvalue weighted by Gasteiger charge is 2.05. The minimum atomic E-state index is -0.227. The van der Waals surface area contributed by atoms with E-state index in [1.807, 2.05) is 56.3 Å². The number of nitrogens with one attached hydrogen (secondary N) is 2. The van der Waals surface area contributed by atoms with Gasteiger partial charge in [-0.15, -0.1) is 0 Å². The maximum absolute atomic E-state index is 12.0. The molecule has 2 aromatic carbocycles. The van der Waals surface area contributed by atoms with E-state index < -0.39 is 0 Å². The summed E-state index contributed by atoms with van der Waals surface area (Å²) in [6.07, 6.45) is 0.759. The number of amides is 2. The fourth-order valence-corrected chi connectivity index (χ4v) is 2.28. The minimum Gasteiger partial charge on any atom is -0.497 e. The van der Waals surface area contributed by atoms with Crippen molar-refractivity contribution in [2.45, 2.75) is 20.3 Å². The van der Waals surface area contributed by atoms with Crippen LogP contribution in [-0.4, -0.2) is 26.3 Å². The number of carbonyl (C=O) groups is 1. The van der Waals surface area contributed by atoms with Gasteiger partial charge in [-0.3, -0.25) is 0 Å². The summed E-state index contributed by atoms with van der Waals surface area (Å²) in [6.45, 7) is 5.07. The first-order chi connectivity index (χ1) is 11.6. The van der Waals surface area contributed by atoms with E-state index in [2.05, 4.69) is 10.6 Å². The molecule has 0 aliphatic rings. The average Bonchev–Trinajstić information content (AvgIpc) is 2.59. The van der Waals surface area contributed by atoms with Crippen LogP contribution in [0.15, 0.2) is 42.5 Å². The summed E-state index contributed by atoms with van der Waals surface area (Å²) in [4.78, 5) is 12.0. The van der Waals surface area contributed by atoms with Crippen LogP contribution in [0.5, 0.6) is 11.5 Å². The number of hydrogen-bond donors (Lipinski definition) is 2. The first-order valence-corrected chi connectivity index (χ1v) is 8.03. The summed E-state index contributed by atoms with van der Waals surface area (Å²) >= 11 is 0. The van der Waals surface area contributed by atoms with Gasteiger partial charge in [0.2, 0.25) is 0 Å². The van der Waals surface area contributed by atoms with E-state index in [4.69, 9.17) is 9.47 Å². The number of aryl methyl sites for hydroxylation is 1. The van der Waals surface area contributed by atoms with Gasteiger partial charge < -0.3 is 20.1 Å². The quantitative estimate of drug-likeness (QED) is 0.813. The third-order valence-electron chi connectivity index (χ3n) is 3.60. The van der Waals surface area contributed by atoms with Gasteiger partial charge in [0.25, 0.3) is 0 Å². The van der Waals surface area contributed by atoms with Crippen molar-refractivity contribution in [3.05, 3.63) is 53.6 Å². The van der Waals surface area contributed by atoms with Gasteiger partial charge in [-0.2, -0.15) is 0 Å². The van der Waals surface area contributed by atoms with Crippen LogP contribution >= 0.6 is 0 Å². The molecule has 2 N–H and O–H groups in total. The van der Waals surface area contributed by atoms with Gasteiger partial charge in [0.1, 0.15) is 11.5 Å². The highest BCUT2D eigenvalue weighted by molar-refractivity contribution is 5.89. The third kappa shape index (κ3) is 5.19. The Kier molecular flexibility index (Phi) is 6.49. The molecule has 128 valence electrons. The van der Waals surface area contributed by atoms with Gasteiger partial charge in [-0.05, 0) is 49.6 Å². The first-order valence-electron chi connectivity index (χ1n) is 8.03. The fraction of sp³-hybridized carbons (Fsp3) is 0.316. The van der Waals surface area contributed by atoms with Crippen molar-refractivity contribution in [1.29, 1.82) is 0 Å². The predicted molar refractivity (Wildman–Crippen MR) is 96.1 cm³/mol. The number of carbonyl (C=O) groups excluding carboxylic acids is 1. The number of anilines is 1. The predicted octanol–water partition coefficient (Wildman–Crippen LogP) is 3.77. The van der Waals surface area contributed by atoms with Crippen LogP contribution in [0.1, 0.15) is 18.1 Å². The lowest BCUT2D eigenvalue weighted by Gasteiger charge is -2.11. The van der Waals surface area contributed by atoms with Crippen LogP contribution in [0.4, 0.5) is 10.5 Å². The molecule has 0 aliphatic carbocycles. The number of ether oxygens (including phenoxy) is 2. The van der Waals surface area contributed by atoms with Crippen LogP contribution in [0.3, 0.4) is 0 Å². The molecule has 24 heavy (non-hydrogen) atoms. The molecule has 0 aromatic heterocycles. The molecule has 5 nitrogen and oxygen atoms in total. The highest BCUT2D eigenvalue weighted by atomic mass is 16.5. The molecule has 0 bridgehead atoms. The number of rotatable bonds is 7. The Morgan fingerprint density at radius 1 is 1.12 bits per heavy atom. The summed E-state index contributed by atoms with van der Waals surface area (Å²) < 4.78 is 10.7. The summed E-state index contributed by atoms with van der Waals surface area (Å²) in [7, 11) is 1.64. The van der Waals surface area contributed by atoms with Crippen molar-refractivity contribution >= 4 is 11.7 Å². The summed E-state index contributed by atoms with van der Waals surface area (Å²) in [6, 6.07) is 13.2. The zero-order chi connectivity index (χ0) is 17.4. The lowest BCUT2D eigenvalue weighted by atomic mass is 10.1. The summed E-state index contributed by atoms with van der Waals surface area (Å²) in [5.74, 6) is 1.61. The monoisotopic (exact) mass is 328 g/mol. The Balaban J connectivity index is 1.81. The molecule has 0 radical (unpaired) electrons. The van der Waals surface area contributed by atoms with E-state index in [1.54, 1.807) is 7.11 Å². The molecule has 0 unspecified atom stereocenters. The van der Waals surface area contributed by atoms with E-state index >= 15 is 0 Å². The third-order valence-corrected chi connectivity index (χ3v) is 3.60. The van der Waals surface area contributed by atoms with E-state index in [-0.39, 0.29) is 6.03 Å². The van der Waals surface area contributed by atoms with Crippen LogP contribution in [0.2, 0.25) is 0 Å². The molecular formula is C19H24N2O3. The molecule has 0 fully saturated rings. The topological polar surface area (TPSA) is 59.6 Å². The van der Waals surface area contributed by atoms with Crippen molar-refractivity contribution in [2.75, 3.05) is 25.6 Å². The molecule has 0 saturated heterocycles. The molecule has 0 spiro atoms. The van der Waals surface area contributed by atoms with Crippen molar-refractivity contribution in [3.63, 3.8) is 0 Å². The van der Waals surface area contributed by atoms with E-state index in [0.717, 1.165) is 29.0 Å². The molecule has 5 heteroatoms. The second kappa shape index (κ2) is 8.82. The van der Waals surface area contributed by atoms with E-state index in [1.165, 1.54) is 0 Å². The number of methoxy groups -OCH3 is 1. The van der Waals surface area contributed by atoms with Gasteiger partial charge in [0.05, 0.1) is 13.7 Å². The Morgan fingerprint density at radius 2 is 1.88 bits per heavy atom. The normalized spacial score (nSPS) is 10.1. The molecule has 0 saturated carbocycles. The van der Waals surface area contributed by atoms with Gasteiger partial charge in [0, 0.05) is 18.3 Å². The number of urea groups is 1. The maximum Gasteiger partial charge on any atom is 0.319 e. The van der Waals surface area contributed by atoms with Crippen molar-refractivity contribution in [1.82, 2.24) is 5.32 Å². The van der Waals surface area contributed by atoms with E-state index in [0.29, 0.717) is 18.8 Å². The van der Waals surface area contributed by atoms with Crippen molar-refractivity contribution in [2.24, 2.45) is 0 Å². The summed E-state index contributed by atoms with van der Waals surface area (Å²) in [5, 5.41) is 5.67. The van der Waals surface area contributed by atoms with Gasteiger partial charge in [-0.1, -0.05) is 18.2 Å². The minimum absolute atomic E-state index is 0.227. The molecule has 0 atom stereocenters. The maximum atomic E-state index is 12.0. The Morgan fingerprint density at radius 3 is 2.54 bits per heavy atom. The van der Waals surface area contributed by atoms with Gasteiger partial charge in [0.15, 0.2) is 0 Å². The van der Waals surface area contributed by atoms with Gasteiger partial charge in [-0.25, -0.2) is 4.79 Å². The van der Waals surface area contributed by atoms with Crippen LogP contribution in [0.25, 0.3) is 0 Å². The SMILES string of the molecule is CCOc1cc(NC(=O)NCCc2ccc(OC)cc2)ccc1C. The van der Waals surface area contributed by atoms with Crippen LogP contribution in [0, 0.1) is 6.92 Å². The molecule has 0 heterocycles. The van der Waals surface area contributed by atoms with E-state index in [9.17, 15) is 4.79 Å². The molecule has 2 aromatic rings. The second-order valence-electron chi connectivity index (χ2n) is 5.39. The molecular weight excluding hydrogens is 304 g/mol. The van der Waals surface area contributed by atoms with Crippen molar-refractivity contribution in [3.8, 4) is 11.5 Å². The Bertz CT molecular complexity index is 669. The molecule has 2 amide bonds. The smallest absolute Gasteiger partial charge is 0.319 e. The lowest BCUT2D eigenvalue weighted by molar-refractivity contribution is 0.252. The second-order valence-corrected chi connectivity index (χ2v) is 5.39. The number of benzene rings is 2. The van der Waals surface area contributed by atoms with Crippen LogP contribution in [-0.2, 0) is 6.42 Å². The Labute approximate surface area is 143 Å². The zero-order valence-corrected chi connectivity index (χ0v) is 14.4. The highest BCUT2D eigenvalue weighted by Crippen LogP contribution is 2.22. The first kappa shape index (κ1) is 17.7. The number of hydrogen-bond acceptors (Lipinski definition) is 3. The summed E-state index contributed by atoms with van der Waals surface area (Å²) in [5.41, 5.74) is 2.90. The fourth-order valence-electron chi connectivity index (χ4n) is 2.28. The largest absolute Gasteiger partial charge is 0.497 e. The zero-order valence-electron chi connectivity index (χ0n) is 14.4. The Hall–Kier alpha value is -2.69. The van der Waals surface area contributed by atoms with Gasteiger partial charge >= 0.3 is 6.03 Å². The average molecular weight is 328 g/mol. The lowest BCUT2D eigenvalue weighted by Crippen LogP contribution is -2.30. The standard InChI is InChI=1S/C19H24N2O3/c1-4-24-18-13-16(8-5-14(18)2)21-19(22)20-12-11-15-6-9-17(23-3)10-7-15/h5-10,13H,4,11-12H2,1-3H3,(H2,20,21,22). The molecule has 2 rings (SSSR count).